The van der Waals surface area contributed by atoms with E-state index in [1.54, 1.807) is 13.8 Å². The highest BCUT2D eigenvalue weighted by atomic mass is 16.5. The van der Waals surface area contributed by atoms with Gasteiger partial charge in [-0.3, -0.25) is 0 Å². The number of allylic oxidation sites excluding steroid dienone is 2. The largest absolute Gasteiger partial charge is 0.481 e. The van der Waals surface area contributed by atoms with Crippen molar-refractivity contribution in [3.8, 4) is 11.8 Å². The molecule has 0 heterocycles. The van der Waals surface area contributed by atoms with Crippen molar-refractivity contribution >= 4 is 5.97 Å². The molecule has 0 aliphatic carbocycles. The minimum Gasteiger partial charge on any atom is -0.481 e. The minimum atomic E-state index is -0.979. The standard InChI is InChI=1S/C14H18O3/c1-5-8-9-10-17-13(7-3)11(4)12(6-2)14(15)16/h6-7H,3,5,10H2,1-2,4H3,(H,15,16)/b12-6+,13-11+. The molecule has 0 atom stereocenters. The molecule has 0 saturated heterocycles. The molecule has 0 radical (unpaired) electrons. The predicted octanol–water partition coefficient (Wildman–Crippen LogP) is 2.91. The van der Waals surface area contributed by atoms with Crippen LogP contribution in [0.3, 0.4) is 0 Å². The van der Waals surface area contributed by atoms with E-state index >= 15 is 0 Å². The lowest BCUT2D eigenvalue weighted by molar-refractivity contribution is -0.132. The van der Waals surface area contributed by atoms with Gasteiger partial charge in [0.1, 0.15) is 12.4 Å². The zero-order chi connectivity index (χ0) is 13.3. The molecule has 1 N–H and O–H groups in total. The molecule has 0 unspecified atom stereocenters. The first-order valence-electron chi connectivity index (χ1n) is 5.40. The first-order chi connectivity index (χ1) is 8.08. The van der Waals surface area contributed by atoms with Gasteiger partial charge in [-0.1, -0.05) is 25.5 Å². The number of ether oxygens (including phenoxy) is 1. The lowest BCUT2D eigenvalue weighted by Gasteiger charge is -2.09. The number of carboxylic acid groups (broad SMARTS) is 1. The lowest BCUT2D eigenvalue weighted by atomic mass is 10.1. The van der Waals surface area contributed by atoms with Gasteiger partial charge in [0.2, 0.25) is 0 Å². The lowest BCUT2D eigenvalue weighted by Crippen LogP contribution is -2.05. The molecule has 0 aromatic heterocycles. The van der Waals surface area contributed by atoms with Crippen molar-refractivity contribution in [1.29, 1.82) is 0 Å². The van der Waals surface area contributed by atoms with Gasteiger partial charge in [-0.15, -0.1) is 5.92 Å². The SMILES string of the molecule is C=C/C(OCC#CCC)=C(C)\C(=C/C)C(=O)O. The molecule has 0 amide bonds. The number of aliphatic carboxylic acids is 1. The van der Waals surface area contributed by atoms with Crippen LogP contribution in [0.15, 0.2) is 35.6 Å². The van der Waals surface area contributed by atoms with Crippen LogP contribution in [0.2, 0.25) is 0 Å². The van der Waals surface area contributed by atoms with E-state index in [-0.39, 0.29) is 12.2 Å². The van der Waals surface area contributed by atoms with E-state index < -0.39 is 5.97 Å². The first kappa shape index (κ1) is 15.0. The molecule has 0 aromatic carbocycles. The van der Waals surface area contributed by atoms with Crippen LogP contribution in [-0.2, 0) is 9.53 Å². The average molecular weight is 234 g/mol. The Morgan fingerprint density at radius 2 is 2.12 bits per heavy atom. The van der Waals surface area contributed by atoms with E-state index in [0.29, 0.717) is 11.3 Å². The summed E-state index contributed by atoms with van der Waals surface area (Å²) in [7, 11) is 0. The summed E-state index contributed by atoms with van der Waals surface area (Å²) in [6, 6.07) is 0. The molecule has 92 valence electrons. The Balaban J connectivity index is 4.93. The van der Waals surface area contributed by atoms with Crippen molar-refractivity contribution < 1.29 is 14.6 Å². The fourth-order valence-electron chi connectivity index (χ4n) is 1.24. The van der Waals surface area contributed by atoms with Crippen molar-refractivity contribution in [2.45, 2.75) is 27.2 Å². The highest BCUT2D eigenvalue weighted by Gasteiger charge is 2.12. The zero-order valence-corrected chi connectivity index (χ0v) is 10.5. The molecule has 0 bridgehead atoms. The maximum absolute atomic E-state index is 10.9. The number of hydrogen-bond acceptors (Lipinski definition) is 2. The summed E-state index contributed by atoms with van der Waals surface area (Å²) in [5, 5.41) is 8.98. The van der Waals surface area contributed by atoms with Gasteiger partial charge < -0.3 is 9.84 Å². The second kappa shape index (κ2) is 8.23. The van der Waals surface area contributed by atoms with Gasteiger partial charge in [0.05, 0.1) is 5.57 Å². The van der Waals surface area contributed by atoms with Crippen molar-refractivity contribution in [3.05, 3.63) is 35.6 Å². The quantitative estimate of drug-likeness (QED) is 0.344. The van der Waals surface area contributed by atoms with Gasteiger partial charge >= 0.3 is 5.97 Å². The van der Waals surface area contributed by atoms with Crippen LogP contribution >= 0.6 is 0 Å². The van der Waals surface area contributed by atoms with Crippen LogP contribution in [0.5, 0.6) is 0 Å². The monoisotopic (exact) mass is 234 g/mol. The predicted molar refractivity (Wildman–Crippen MR) is 68.3 cm³/mol. The third-order valence-electron chi connectivity index (χ3n) is 2.08. The molecule has 0 aliphatic rings. The van der Waals surface area contributed by atoms with Crippen LogP contribution in [0.4, 0.5) is 0 Å². The first-order valence-corrected chi connectivity index (χ1v) is 5.40. The van der Waals surface area contributed by atoms with E-state index in [0.717, 1.165) is 6.42 Å². The maximum Gasteiger partial charge on any atom is 0.335 e. The summed E-state index contributed by atoms with van der Waals surface area (Å²) in [5.41, 5.74) is 0.761. The van der Waals surface area contributed by atoms with Gasteiger partial charge in [0, 0.05) is 12.0 Å². The van der Waals surface area contributed by atoms with E-state index in [1.165, 1.54) is 12.2 Å². The van der Waals surface area contributed by atoms with Gasteiger partial charge in [-0.25, -0.2) is 4.79 Å². The molecule has 0 fully saturated rings. The average Bonchev–Trinajstić information content (AvgIpc) is 2.29. The normalized spacial score (nSPS) is 12.1. The van der Waals surface area contributed by atoms with Crippen molar-refractivity contribution in [2.24, 2.45) is 0 Å². The van der Waals surface area contributed by atoms with Crippen LogP contribution in [0.25, 0.3) is 0 Å². The van der Waals surface area contributed by atoms with Crippen LogP contribution < -0.4 is 0 Å². The summed E-state index contributed by atoms with van der Waals surface area (Å²) in [6.45, 7) is 9.15. The van der Waals surface area contributed by atoms with Crippen LogP contribution in [-0.4, -0.2) is 17.7 Å². The number of carboxylic acids is 1. The summed E-state index contributed by atoms with van der Waals surface area (Å²) in [5.74, 6) is 5.16. The second-order valence-corrected chi connectivity index (χ2v) is 3.20. The van der Waals surface area contributed by atoms with E-state index in [1.807, 2.05) is 6.92 Å². The molecule has 0 rings (SSSR count). The van der Waals surface area contributed by atoms with Gasteiger partial charge in [-0.2, -0.15) is 0 Å². The van der Waals surface area contributed by atoms with Crippen LogP contribution in [0.1, 0.15) is 27.2 Å². The Hall–Kier alpha value is -1.95. The summed E-state index contributed by atoms with van der Waals surface area (Å²) in [6.07, 6.45) is 3.79. The molecule has 3 heteroatoms. The summed E-state index contributed by atoms with van der Waals surface area (Å²) in [4.78, 5) is 10.9. The molecule has 0 saturated carbocycles. The molecular weight excluding hydrogens is 216 g/mol. The van der Waals surface area contributed by atoms with E-state index in [2.05, 4.69) is 18.4 Å². The highest BCUT2D eigenvalue weighted by molar-refractivity contribution is 5.91. The van der Waals surface area contributed by atoms with E-state index in [4.69, 9.17) is 9.84 Å². The van der Waals surface area contributed by atoms with Crippen molar-refractivity contribution in [3.63, 3.8) is 0 Å². The van der Waals surface area contributed by atoms with Crippen molar-refractivity contribution in [1.82, 2.24) is 0 Å². The van der Waals surface area contributed by atoms with Crippen LogP contribution in [0, 0.1) is 11.8 Å². The molecule has 17 heavy (non-hydrogen) atoms. The number of carbonyl (C=O) groups is 1. The molecule has 0 spiro atoms. The Bertz CT molecular complexity index is 403. The summed E-state index contributed by atoms with van der Waals surface area (Å²) >= 11 is 0. The Labute approximate surface area is 102 Å². The molecule has 0 aromatic rings. The fourth-order valence-corrected chi connectivity index (χ4v) is 1.24. The zero-order valence-electron chi connectivity index (χ0n) is 10.5. The third kappa shape index (κ3) is 5.07. The minimum absolute atomic E-state index is 0.211. The second-order valence-electron chi connectivity index (χ2n) is 3.20. The Morgan fingerprint density at radius 1 is 1.47 bits per heavy atom. The molecular formula is C14H18O3. The number of rotatable bonds is 5. The Morgan fingerprint density at radius 3 is 2.53 bits per heavy atom. The smallest absolute Gasteiger partial charge is 0.335 e. The van der Waals surface area contributed by atoms with Gasteiger partial charge in [-0.05, 0) is 19.9 Å². The third-order valence-corrected chi connectivity index (χ3v) is 2.08. The molecule has 3 nitrogen and oxygen atoms in total. The molecule has 0 aliphatic heterocycles. The highest BCUT2D eigenvalue weighted by Crippen LogP contribution is 2.16. The fraction of sp³-hybridized carbons (Fsp3) is 0.357. The number of hydrogen-bond donors (Lipinski definition) is 1. The maximum atomic E-state index is 10.9. The topological polar surface area (TPSA) is 46.5 Å². The Kier molecular flexibility index (Phi) is 7.29. The van der Waals surface area contributed by atoms with E-state index in [9.17, 15) is 4.79 Å². The summed E-state index contributed by atoms with van der Waals surface area (Å²) < 4.78 is 5.37. The van der Waals surface area contributed by atoms with Gasteiger partial charge in [0.15, 0.2) is 0 Å². The van der Waals surface area contributed by atoms with Crippen molar-refractivity contribution in [2.75, 3.05) is 6.61 Å². The van der Waals surface area contributed by atoms with Gasteiger partial charge in [0.25, 0.3) is 0 Å².